The van der Waals surface area contributed by atoms with Crippen LogP contribution in [0.15, 0.2) is 59.4 Å². The van der Waals surface area contributed by atoms with Gasteiger partial charge >= 0.3 is 5.69 Å². The Morgan fingerprint density at radius 1 is 1.05 bits per heavy atom. The highest BCUT2D eigenvalue weighted by atomic mass is 19.1. The smallest absolute Gasteiger partial charge is 0.271 e. The maximum absolute atomic E-state index is 13.0. The number of benzene rings is 2. The average molecular weight is 295 g/mol. The molecular weight excluding hydrogens is 281 g/mol. The second-order valence-electron chi connectivity index (χ2n) is 5.42. The van der Waals surface area contributed by atoms with Crippen molar-refractivity contribution >= 4 is 0 Å². The van der Waals surface area contributed by atoms with Crippen molar-refractivity contribution in [2.75, 3.05) is 0 Å². The highest BCUT2D eigenvalue weighted by Gasteiger charge is 2.29. The molecule has 0 spiro atoms. The van der Waals surface area contributed by atoms with Gasteiger partial charge in [-0.05, 0) is 36.2 Å². The molecule has 0 N–H and O–H groups in total. The number of aromatic nitrogens is 3. The number of hydrogen-bond acceptors (Lipinski definition) is 2. The molecule has 22 heavy (non-hydrogen) atoms. The van der Waals surface area contributed by atoms with Gasteiger partial charge in [-0.3, -0.25) is 4.57 Å². The van der Waals surface area contributed by atoms with Crippen LogP contribution in [0.3, 0.4) is 0 Å². The van der Waals surface area contributed by atoms with Gasteiger partial charge in [0.25, 0.3) is 0 Å². The summed E-state index contributed by atoms with van der Waals surface area (Å²) in [6, 6.07) is 15.8. The zero-order valence-electron chi connectivity index (χ0n) is 11.8. The van der Waals surface area contributed by atoms with Crippen LogP contribution < -0.4 is 5.69 Å². The van der Waals surface area contributed by atoms with Crippen molar-refractivity contribution < 1.29 is 4.39 Å². The number of halogens is 1. The molecule has 1 aliphatic heterocycles. The average Bonchev–Trinajstić information content (AvgIpc) is 3.10. The predicted octanol–water partition coefficient (Wildman–Crippen LogP) is 2.71. The zero-order chi connectivity index (χ0) is 15.1. The maximum atomic E-state index is 13.0. The van der Waals surface area contributed by atoms with Crippen LogP contribution >= 0.6 is 0 Å². The second-order valence-corrected chi connectivity index (χ2v) is 5.42. The third-order valence-corrected chi connectivity index (χ3v) is 4.09. The van der Waals surface area contributed by atoms with Gasteiger partial charge < -0.3 is 0 Å². The summed E-state index contributed by atoms with van der Waals surface area (Å²) in [6.07, 6.45) is 1.65. The van der Waals surface area contributed by atoms with E-state index < -0.39 is 0 Å². The lowest BCUT2D eigenvalue weighted by atomic mass is 10.1. The quantitative estimate of drug-likeness (QED) is 0.729. The Morgan fingerprint density at radius 2 is 1.77 bits per heavy atom. The monoisotopic (exact) mass is 295 g/mol. The Labute approximate surface area is 126 Å². The van der Waals surface area contributed by atoms with Crippen LogP contribution in [0.4, 0.5) is 4.39 Å². The molecule has 5 heteroatoms. The van der Waals surface area contributed by atoms with Crippen molar-refractivity contribution in [2.24, 2.45) is 0 Å². The van der Waals surface area contributed by atoms with Crippen molar-refractivity contribution in [3.63, 3.8) is 0 Å². The Kier molecular flexibility index (Phi) is 2.92. The van der Waals surface area contributed by atoms with Gasteiger partial charge in [0.1, 0.15) is 11.6 Å². The fraction of sp³-hybridized carbons (Fsp3) is 0.176. The van der Waals surface area contributed by atoms with E-state index in [4.69, 9.17) is 0 Å². The summed E-state index contributed by atoms with van der Waals surface area (Å²) in [5.41, 5.74) is 1.52. The fourth-order valence-electron chi connectivity index (χ4n) is 3.04. The molecule has 0 saturated heterocycles. The molecule has 110 valence electrons. The SMILES string of the molecule is O=c1n(-c2ccc(F)cc2)nc2n1[C@H](c1ccccc1)CC2. The summed E-state index contributed by atoms with van der Waals surface area (Å²) < 4.78 is 16.1. The Hall–Kier alpha value is -2.69. The lowest BCUT2D eigenvalue weighted by Crippen LogP contribution is -2.26. The maximum Gasteiger partial charge on any atom is 0.351 e. The molecule has 0 fully saturated rings. The highest BCUT2D eigenvalue weighted by Crippen LogP contribution is 2.29. The fourth-order valence-corrected chi connectivity index (χ4v) is 3.04. The summed E-state index contributed by atoms with van der Waals surface area (Å²) in [6.45, 7) is 0. The van der Waals surface area contributed by atoms with Gasteiger partial charge in [-0.2, -0.15) is 4.68 Å². The normalized spacial score (nSPS) is 16.7. The lowest BCUT2D eigenvalue weighted by molar-refractivity contribution is 0.587. The molecule has 1 aromatic heterocycles. The minimum atomic E-state index is -0.328. The first-order valence-corrected chi connectivity index (χ1v) is 7.25. The van der Waals surface area contributed by atoms with E-state index >= 15 is 0 Å². The predicted molar refractivity (Wildman–Crippen MR) is 80.7 cm³/mol. The number of rotatable bonds is 2. The molecule has 0 amide bonds. The van der Waals surface area contributed by atoms with E-state index in [1.54, 1.807) is 16.7 Å². The second kappa shape index (κ2) is 4.94. The molecule has 3 aromatic rings. The highest BCUT2D eigenvalue weighted by molar-refractivity contribution is 5.31. The van der Waals surface area contributed by atoms with Gasteiger partial charge in [0.05, 0.1) is 11.7 Å². The topological polar surface area (TPSA) is 39.8 Å². The van der Waals surface area contributed by atoms with Crippen LogP contribution in [0.5, 0.6) is 0 Å². The first kappa shape index (κ1) is 13.0. The first-order chi connectivity index (χ1) is 10.7. The van der Waals surface area contributed by atoms with E-state index in [1.165, 1.54) is 16.8 Å². The molecule has 2 heterocycles. The van der Waals surface area contributed by atoms with Crippen molar-refractivity contribution in [3.8, 4) is 5.69 Å². The van der Waals surface area contributed by atoms with Gasteiger partial charge in [0.15, 0.2) is 0 Å². The van der Waals surface area contributed by atoms with E-state index in [2.05, 4.69) is 5.10 Å². The molecule has 0 saturated carbocycles. The van der Waals surface area contributed by atoms with Crippen LogP contribution in [0.25, 0.3) is 5.69 Å². The molecule has 2 aromatic carbocycles. The lowest BCUT2D eigenvalue weighted by Gasteiger charge is -2.11. The summed E-state index contributed by atoms with van der Waals surface area (Å²) in [5.74, 6) is 0.453. The summed E-state index contributed by atoms with van der Waals surface area (Å²) in [7, 11) is 0. The standard InChI is InChI=1S/C17H14FN3O/c18-13-6-8-14(9-7-13)21-17(22)20-15(10-11-16(20)19-21)12-4-2-1-3-5-12/h1-9,15H,10-11H2/t15-/m0/s1. The van der Waals surface area contributed by atoms with Crippen LogP contribution in [-0.2, 0) is 6.42 Å². The van der Waals surface area contributed by atoms with Crippen LogP contribution in [0, 0.1) is 5.82 Å². The molecule has 0 aliphatic carbocycles. The van der Waals surface area contributed by atoms with Crippen molar-refractivity contribution in [3.05, 3.63) is 82.3 Å². The van der Waals surface area contributed by atoms with E-state index in [9.17, 15) is 9.18 Å². The van der Waals surface area contributed by atoms with E-state index in [1.807, 2.05) is 30.3 Å². The number of aryl methyl sites for hydroxylation is 1. The molecule has 4 nitrogen and oxygen atoms in total. The van der Waals surface area contributed by atoms with Crippen LogP contribution in [-0.4, -0.2) is 14.3 Å². The van der Waals surface area contributed by atoms with Gasteiger partial charge in [0, 0.05) is 6.42 Å². The van der Waals surface area contributed by atoms with Gasteiger partial charge in [-0.1, -0.05) is 30.3 Å². The van der Waals surface area contributed by atoms with E-state index in [0.29, 0.717) is 5.69 Å². The molecule has 4 rings (SSSR count). The Morgan fingerprint density at radius 3 is 2.50 bits per heavy atom. The third kappa shape index (κ3) is 1.97. The number of fused-ring (bicyclic) bond motifs is 1. The van der Waals surface area contributed by atoms with Gasteiger partial charge in [0.2, 0.25) is 0 Å². The molecule has 1 atom stereocenters. The zero-order valence-corrected chi connectivity index (χ0v) is 11.8. The summed E-state index contributed by atoms with van der Waals surface area (Å²) >= 11 is 0. The minimum absolute atomic E-state index is 0.0258. The van der Waals surface area contributed by atoms with Crippen LogP contribution in [0.1, 0.15) is 23.9 Å². The molecular formula is C17H14FN3O. The van der Waals surface area contributed by atoms with E-state index in [-0.39, 0.29) is 17.5 Å². The Bertz CT molecular complexity index is 865. The third-order valence-electron chi connectivity index (χ3n) is 4.09. The molecule has 0 bridgehead atoms. The molecule has 1 aliphatic rings. The molecule has 0 radical (unpaired) electrons. The minimum Gasteiger partial charge on any atom is -0.271 e. The Balaban J connectivity index is 1.81. The largest absolute Gasteiger partial charge is 0.351 e. The summed E-state index contributed by atoms with van der Waals surface area (Å²) in [5, 5.41) is 4.41. The van der Waals surface area contributed by atoms with Crippen molar-refractivity contribution in [1.82, 2.24) is 14.3 Å². The summed E-state index contributed by atoms with van der Waals surface area (Å²) in [4.78, 5) is 12.7. The first-order valence-electron chi connectivity index (χ1n) is 7.25. The molecule has 0 unspecified atom stereocenters. The number of hydrogen-bond donors (Lipinski definition) is 0. The van der Waals surface area contributed by atoms with Crippen molar-refractivity contribution in [1.29, 1.82) is 0 Å². The number of nitrogens with zero attached hydrogens (tertiary/aromatic N) is 3. The van der Waals surface area contributed by atoms with Crippen LogP contribution in [0.2, 0.25) is 0 Å². The van der Waals surface area contributed by atoms with Gasteiger partial charge in [-0.15, -0.1) is 5.10 Å². The van der Waals surface area contributed by atoms with Gasteiger partial charge in [-0.25, -0.2) is 9.18 Å². The van der Waals surface area contributed by atoms with Crippen molar-refractivity contribution in [2.45, 2.75) is 18.9 Å². The van der Waals surface area contributed by atoms with E-state index in [0.717, 1.165) is 24.2 Å².